The van der Waals surface area contributed by atoms with Crippen LogP contribution in [-0.2, 0) is 11.3 Å². The Balaban J connectivity index is 1.41. The first kappa shape index (κ1) is 27.3. The van der Waals surface area contributed by atoms with Crippen molar-refractivity contribution in [2.75, 3.05) is 20.2 Å². The fourth-order valence-electron chi connectivity index (χ4n) is 6.03. The second-order valence-corrected chi connectivity index (χ2v) is 12.6. The second kappa shape index (κ2) is 10.2. The Morgan fingerprint density at radius 3 is 2.44 bits per heavy atom. The average molecular weight is 558 g/mol. The van der Waals surface area contributed by atoms with Gasteiger partial charge in [-0.15, -0.1) is 0 Å². The van der Waals surface area contributed by atoms with Crippen LogP contribution in [-0.4, -0.2) is 61.7 Å². The number of carbonyl (C=O) groups is 2. The Morgan fingerprint density at radius 2 is 1.80 bits per heavy atom. The molecule has 1 aliphatic heterocycles. The smallest absolute Gasteiger partial charge is 0.410 e. The highest BCUT2D eigenvalue weighted by Crippen LogP contribution is 2.41. The topological polar surface area (TPSA) is 91.0 Å². The van der Waals surface area contributed by atoms with Crippen LogP contribution < -0.4 is 4.74 Å². The third kappa shape index (κ3) is 5.18. The number of nitrogens with zero attached hydrogens (tertiary/aromatic N) is 5. The number of ether oxygens (including phenoxy) is 2. The summed E-state index contributed by atoms with van der Waals surface area (Å²) in [6.07, 6.45) is 7.58. The molecule has 2 fully saturated rings. The van der Waals surface area contributed by atoms with Gasteiger partial charge in [0.1, 0.15) is 22.6 Å². The summed E-state index contributed by atoms with van der Waals surface area (Å²) in [5.41, 5.74) is 6.13. The van der Waals surface area contributed by atoms with Crippen molar-refractivity contribution in [3.05, 3.63) is 47.4 Å². The number of pyridine rings is 2. The highest BCUT2D eigenvalue weighted by Gasteiger charge is 2.32. The maximum Gasteiger partial charge on any atom is 0.410 e. The molecule has 216 valence electrons. The number of aromatic nitrogens is 4. The molecular formula is C32H39N5O4. The number of fused-ring (bicyclic) bond motifs is 2. The standard InChI is InChI=1S/C32H39N5O4/c1-19-27(34-37-18-24(20(2)38)16-26(40-6)29(19)37)25-15-23-9-12-33-28(30(23)36(25)17-21-7-8-21)22-10-13-35(14-11-22)31(39)41-32(3,4)5/h9,12,15-16,18,21-22H,7-8,10-11,13-14,17H2,1-6H3. The molecular weight excluding hydrogens is 518 g/mol. The summed E-state index contributed by atoms with van der Waals surface area (Å²) in [4.78, 5) is 31.6. The summed E-state index contributed by atoms with van der Waals surface area (Å²) < 4.78 is 15.5. The van der Waals surface area contributed by atoms with E-state index < -0.39 is 5.60 Å². The van der Waals surface area contributed by atoms with Crippen LogP contribution in [0.3, 0.4) is 0 Å². The second-order valence-electron chi connectivity index (χ2n) is 12.6. The van der Waals surface area contributed by atoms with Crippen LogP contribution in [0.5, 0.6) is 5.75 Å². The molecule has 41 heavy (non-hydrogen) atoms. The minimum Gasteiger partial charge on any atom is -0.494 e. The minimum absolute atomic E-state index is 0.0313. The molecule has 0 atom stereocenters. The summed E-state index contributed by atoms with van der Waals surface area (Å²) in [7, 11) is 1.63. The van der Waals surface area contributed by atoms with E-state index in [-0.39, 0.29) is 17.8 Å². The highest BCUT2D eigenvalue weighted by atomic mass is 16.6. The van der Waals surface area contributed by atoms with Gasteiger partial charge in [0.05, 0.1) is 24.0 Å². The molecule has 4 aromatic heterocycles. The molecule has 1 saturated heterocycles. The molecule has 1 aliphatic carbocycles. The lowest BCUT2D eigenvalue weighted by Crippen LogP contribution is -2.41. The molecule has 2 aliphatic rings. The molecule has 0 radical (unpaired) electrons. The Hall–Kier alpha value is -3.88. The molecule has 1 saturated carbocycles. The summed E-state index contributed by atoms with van der Waals surface area (Å²) in [5, 5.41) is 6.15. The largest absolute Gasteiger partial charge is 0.494 e. The zero-order valence-electron chi connectivity index (χ0n) is 24.9. The summed E-state index contributed by atoms with van der Waals surface area (Å²) in [6.45, 7) is 11.5. The monoisotopic (exact) mass is 557 g/mol. The van der Waals surface area contributed by atoms with Gasteiger partial charge >= 0.3 is 6.09 Å². The van der Waals surface area contributed by atoms with Crippen LogP contribution in [0.2, 0.25) is 0 Å². The van der Waals surface area contributed by atoms with Crippen molar-refractivity contribution in [2.45, 2.75) is 78.4 Å². The van der Waals surface area contributed by atoms with E-state index in [0.717, 1.165) is 58.5 Å². The fraction of sp³-hybridized carbons (Fsp3) is 0.500. The van der Waals surface area contributed by atoms with E-state index in [9.17, 15) is 9.59 Å². The average Bonchev–Trinajstić information content (AvgIpc) is 3.59. The van der Waals surface area contributed by atoms with Gasteiger partial charge in [0.15, 0.2) is 5.78 Å². The van der Waals surface area contributed by atoms with E-state index in [2.05, 4.69) is 23.6 Å². The lowest BCUT2D eigenvalue weighted by molar-refractivity contribution is 0.0204. The van der Waals surface area contributed by atoms with Gasteiger partial charge in [0.25, 0.3) is 0 Å². The van der Waals surface area contributed by atoms with Crippen molar-refractivity contribution in [2.24, 2.45) is 5.92 Å². The van der Waals surface area contributed by atoms with Gasteiger partial charge < -0.3 is 18.9 Å². The van der Waals surface area contributed by atoms with Crippen molar-refractivity contribution < 1.29 is 19.1 Å². The Kier molecular flexibility index (Phi) is 6.78. The third-order valence-corrected chi connectivity index (χ3v) is 8.31. The van der Waals surface area contributed by atoms with E-state index >= 15 is 0 Å². The molecule has 0 N–H and O–H groups in total. The van der Waals surface area contributed by atoms with Gasteiger partial charge in [-0.25, -0.2) is 9.31 Å². The van der Waals surface area contributed by atoms with E-state index in [1.54, 1.807) is 30.8 Å². The number of piperidine rings is 1. The van der Waals surface area contributed by atoms with Gasteiger partial charge in [0, 0.05) is 54.5 Å². The van der Waals surface area contributed by atoms with E-state index in [1.165, 1.54) is 12.8 Å². The molecule has 9 heteroatoms. The Labute approximate surface area is 240 Å². The number of hydrogen-bond acceptors (Lipinski definition) is 6. The van der Waals surface area contributed by atoms with Crippen molar-refractivity contribution in [3.63, 3.8) is 0 Å². The van der Waals surface area contributed by atoms with Crippen LogP contribution in [0.25, 0.3) is 27.8 Å². The zero-order valence-corrected chi connectivity index (χ0v) is 24.9. The lowest BCUT2D eigenvalue weighted by Gasteiger charge is -2.33. The lowest BCUT2D eigenvalue weighted by atomic mass is 9.92. The number of ketones is 1. The van der Waals surface area contributed by atoms with Crippen molar-refractivity contribution in [3.8, 4) is 17.1 Å². The first-order chi connectivity index (χ1) is 19.5. The predicted molar refractivity (Wildman–Crippen MR) is 158 cm³/mol. The number of rotatable bonds is 6. The number of amides is 1. The van der Waals surface area contributed by atoms with Crippen LogP contribution in [0.15, 0.2) is 30.6 Å². The number of aryl methyl sites for hydroxylation is 1. The molecule has 5 heterocycles. The van der Waals surface area contributed by atoms with Crippen molar-refractivity contribution >= 4 is 28.3 Å². The highest BCUT2D eigenvalue weighted by molar-refractivity contribution is 5.95. The quantitative estimate of drug-likeness (QED) is 0.255. The number of carbonyl (C=O) groups excluding carboxylic acids is 2. The third-order valence-electron chi connectivity index (χ3n) is 8.31. The number of methoxy groups -OCH3 is 1. The molecule has 0 spiro atoms. The zero-order chi connectivity index (χ0) is 29.1. The maximum absolute atomic E-state index is 12.7. The molecule has 0 aromatic carbocycles. The minimum atomic E-state index is -0.505. The van der Waals surface area contributed by atoms with Crippen molar-refractivity contribution in [1.29, 1.82) is 0 Å². The van der Waals surface area contributed by atoms with E-state index in [1.807, 2.05) is 31.9 Å². The fourth-order valence-corrected chi connectivity index (χ4v) is 6.03. The molecule has 1 amide bonds. The normalized spacial score (nSPS) is 16.5. The first-order valence-corrected chi connectivity index (χ1v) is 14.6. The Morgan fingerprint density at radius 1 is 1.07 bits per heavy atom. The van der Waals surface area contributed by atoms with Gasteiger partial charge in [-0.1, -0.05) is 0 Å². The van der Waals surface area contributed by atoms with E-state index in [4.69, 9.17) is 19.6 Å². The Bertz CT molecular complexity index is 1650. The van der Waals surface area contributed by atoms with Gasteiger partial charge in [-0.2, -0.15) is 5.10 Å². The molecule has 0 unspecified atom stereocenters. The van der Waals surface area contributed by atoms with Gasteiger partial charge in [-0.05, 0) is 84.4 Å². The molecule has 4 aromatic rings. The van der Waals surface area contributed by atoms with E-state index in [0.29, 0.717) is 30.3 Å². The summed E-state index contributed by atoms with van der Waals surface area (Å²) in [6, 6.07) is 6.11. The molecule has 9 nitrogen and oxygen atoms in total. The number of Topliss-reactive ketones (excluding diaryl/α,β-unsaturated/α-hetero) is 1. The van der Waals surface area contributed by atoms with Crippen LogP contribution in [0.4, 0.5) is 4.79 Å². The van der Waals surface area contributed by atoms with Gasteiger partial charge in [-0.3, -0.25) is 9.78 Å². The maximum atomic E-state index is 12.7. The van der Waals surface area contributed by atoms with Gasteiger partial charge in [0.2, 0.25) is 0 Å². The summed E-state index contributed by atoms with van der Waals surface area (Å²) >= 11 is 0. The van der Waals surface area contributed by atoms with Crippen LogP contribution in [0.1, 0.15) is 80.9 Å². The van der Waals surface area contributed by atoms with Crippen LogP contribution in [0, 0.1) is 12.8 Å². The predicted octanol–water partition coefficient (Wildman–Crippen LogP) is 6.40. The number of hydrogen-bond donors (Lipinski definition) is 0. The molecule has 0 bridgehead atoms. The number of likely N-dealkylation sites (tertiary alicyclic amines) is 1. The first-order valence-electron chi connectivity index (χ1n) is 14.6. The van der Waals surface area contributed by atoms with Crippen molar-refractivity contribution in [1.82, 2.24) is 24.1 Å². The summed E-state index contributed by atoms with van der Waals surface area (Å²) in [5.74, 6) is 1.50. The SMILES string of the molecule is COc1cc(C(C)=O)cn2nc(-c3cc4ccnc(C5CCN(C(=O)OC(C)(C)C)CC5)c4n3CC3CC3)c(C)c12. The molecule has 6 rings (SSSR count). The van der Waals surface area contributed by atoms with Crippen LogP contribution >= 0.6 is 0 Å².